The van der Waals surface area contributed by atoms with E-state index in [0.29, 0.717) is 18.9 Å². The highest BCUT2D eigenvalue weighted by atomic mass is 35.5. The average molecular weight is 399 g/mol. The Balaban J connectivity index is 2.12. The fourth-order valence-corrected chi connectivity index (χ4v) is 2.67. The van der Waals surface area contributed by atoms with Crippen molar-refractivity contribution in [3.8, 4) is 11.5 Å². The Labute approximate surface area is 162 Å². The average Bonchev–Trinajstić information content (AvgIpc) is 3.04. The first kappa shape index (κ1) is 20.8. The SMILES string of the molecule is COc1cc(C(=O)O[C@@H](C)C(=O)N2CCNC2=O)cc(Cl)c1OCC(C)C. The molecule has 0 saturated carbocycles. The summed E-state index contributed by atoms with van der Waals surface area (Å²) in [6.07, 6.45) is -1.12. The topological polar surface area (TPSA) is 94.2 Å². The van der Waals surface area contributed by atoms with Crippen molar-refractivity contribution in [1.82, 2.24) is 10.2 Å². The molecule has 1 aromatic carbocycles. The lowest BCUT2D eigenvalue weighted by Gasteiger charge is -2.19. The van der Waals surface area contributed by atoms with Gasteiger partial charge in [0.25, 0.3) is 5.91 Å². The maximum Gasteiger partial charge on any atom is 0.339 e. The summed E-state index contributed by atoms with van der Waals surface area (Å²) in [7, 11) is 1.43. The molecule has 27 heavy (non-hydrogen) atoms. The van der Waals surface area contributed by atoms with Crippen LogP contribution in [-0.2, 0) is 9.53 Å². The van der Waals surface area contributed by atoms with Gasteiger partial charge in [-0.2, -0.15) is 0 Å². The highest BCUT2D eigenvalue weighted by Crippen LogP contribution is 2.37. The number of esters is 1. The normalized spacial score (nSPS) is 14.7. The molecule has 0 radical (unpaired) electrons. The van der Waals surface area contributed by atoms with Gasteiger partial charge in [-0.3, -0.25) is 9.69 Å². The van der Waals surface area contributed by atoms with Crippen molar-refractivity contribution in [2.24, 2.45) is 5.92 Å². The van der Waals surface area contributed by atoms with Gasteiger partial charge in [-0.05, 0) is 25.0 Å². The second kappa shape index (κ2) is 8.94. The lowest BCUT2D eigenvalue weighted by molar-refractivity contribution is -0.136. The summed E-state index contributed by atoms with van der Waals surface area (Å²) >= 11 is 6.22. The second-order valence-corrected chi connectivity index (χ2v) is 6.87. The van der Waals surface area contributed by atoms with Gasteiger partial charge in [0.1, 0.15) is 0 Å². The Bertz CT molecular complexity index is 737. The molecular weight excluding hydrogens is 376 g/mol. The Morgan fingerprint density at radius 2 is 2.00 bits per heavy atom. The summed E-state index contributed by atoms with van der Waals surface area (Å²) in [5, 5.41) is 2.71. The van der Waals surface area contributed by atoms with E-state index in [1.165, 1.54) is 26.2 Å². The highest BCUT2D eigenvalue weighted by Gasteiger charge is 2.32. The zero-order valence-corrected chi connectivity index (χ0v) is 16.5. The molecule has 0 unspecified atom stereocenters. The monoisotopic (exact) mass is 398 g/mol. The van der Waals surface area contributed by atoms with Crippen molar-refractivity contribution in [3.63, 3.8) is 0 Å². The maximum atomic E-state index is 12.4. The second-order valence-electron chi connectivity index (χ2n) is 6.46. The molecule has 1 N–H and O–H groups in total. The van der Waals surface area contributed by atoms with Crippen LogP contribution in [0.4, 0.5) is 4.79 Å². The van der Waals surface area contributed by atoms with Crippen LogP contribution in [0.15, 0.2) is 12.1 Å². The van der Waals surface area contributed by atoms with Gasteiger partial charge in [0, 0.05) is 13.1 Å². The molecule has 8 nitrogen and oxygen atoms in total. The van der Waals surface area contributed by atoms with Crippen LogP contribution >= 0.6 is 11.6 Å². The molecule has 0 bridgehead atoms. The zero-order chi connectivity index (χ0) is 20.1. The van der Waals surface area contributed by atoms with Crippen molar-refractivity contribution >= 4 is 29.5 Å². The maximum absolute atomic E-state index is 12.4. The summed E-state index contributed by atoms with van der Waals surface area (Å²) in [6, 6.07) is 2.32. The number of rotatable bonds is 7. The van der Waals surface area contributed by atoms with Crippen molar-refractivity contribution in [3.05, 3.63) is 22.7 Å². The fraction of sp³-hybridized carbons (Fsp3) is 0.500. The Kier molecular flexibility index (Phi) is 6.90. The van der Waals surface area contributed by atoms with Gasteiger partial charge in [0.15, 0.2) is 17.6 Å². The van der Waals surface area contributed by atoms with E-state index < -0.39 is 24.0 Å². The Morgan fingerprint density at radius 1 is 1.30 bits per heavy atom. The van der Waals surface area contributed by atoms with Gasteiger partial charge in [-0.1, -0.05) is 25.4 Å². The molecule has 1 saturated heterocycles. The molecule has 1 aliphatic heterocycles. The largest absolute Gasteiger partial charge is 0.493 e. The van der Waals surface area contributed by atoms with E-state index in [9.17, 15) is 14.4 Å². The first-order chi connectivity index (χ1) is 12.7. The van der Waals surface area contributed by atoms with Gasteiger partial charge >= 0.3 is 12.0 Å². The van der Waals surface area contributed by atoms with E-state index in [4.69, 9.17) is 25.8 Å². The minimum absolute atomic E-state index is 0.110. The number of urea groups is 1. The van der Waals surface area contributed by atoms with Crippen LogP contribution in [-0.4, -0.2) is 55.7 Å². The van der Waals surface area contributed by atoms with Crippen molar-refractivity contribution in [2.45, 2.75) is 26.9 Å². The standard InChI is InChI=1S/C18H23ClN2O6/c1-10(2)9-26-15-13(19)7-12(8-14(15)25-4)17(23)27-11(3)16(22)21-6-5-20-18(21)24/h7-8,10-11H,5-6,9H2,1-4H3,(H,20,24)/t11-/m0/s1. The highest BCUT2D eigenvalue weighted by molar-refractivity contribution is 6.32. The number of hydrogen-bond donors (Lipinski definition) is 1. The predicted molar refractivity (Wildman–Crippen MR) is 98.3 cm³/mol. The molecule has 2 rings (SSSR count). The lowest BCUT2D eigenvalue weighted by atomic mass is 10.2. The van der Waals surface area contributed by atoms with Crippen molar-refractivity contribution in [1.29, 1.82) is 0 Å². The number of imide groups is 1. The molecule has 1 heterocycles. The molecule has 3 amide bonds. The summed E-state index contributed by atoms with van der Waals surface area (Å²) in [5.41, 5.74) is 0.110. The van der Waals surface area contributed by atoms with Crippen LogP contribution < -0.4 is 14.8 Å². The third-order valence-corrected chi connectivity index (χ3v) is 4.06. The first-order valence-corrected chi connectivity index (χ1v) is 8.92. The van der Waals surface area contributed by atoms with Crippen LogP contribution in [0.5, 0.6) is 11.5 Å². The van der Waals surface area contributed by atoms with Crippen LogP contribution in [0.25, 0.3) is 0 Å². The third-order valence-electron chi connectivity index (χ3n) is 3.78. The summed E-state index contributed by atoms with van der Waals surface area (Å²) in [5.74, 6) is -0.445. The number of nitrogens with zero attached hydrogens (tertiary/aromatic N) is 1. The molecule has 148 valence electrons. The minimum atomic E-state index is -1.12. The number of nitrogens with one attached hydrogen (secondary N) is 1. The molecule has 1 atom stereocenters. The number of halogens is 1. The first-order valence-electron chi connectivity index (χ1n) is 8.55. The number of hydrogen-bond acceptors (Lipinski definition) is 6. The van der Waals surface area contributed by atoms with Crippen molar-refractivity contribution < 1.29 is 28.6 Å². The molecular formula is C18H23ClN2O6. The Morgan fingerprint density at radius 3 is 2.56 bits per heavy atom. The number of ether oxygens (including phenoxy) is 3. The fourth-order valence-electron chi connectivity index (χ4n) is 2.41. The zero-order valence-electron chi connectivity index (χ0n) is 15.7. The van der Waals surface area contributed by atoms with E-state index in [-0.39, 0.29) is 28.8 Å². The number of benzene rings is 1. The van der Waals surface area contributed by atoms with Crippen LogP contribution in [0.2, 0.25) is 5.02 Å². The van der Waals surface area contributed by atoms with E-state index in [1.807, 2.05) is 13.8 Å². The molecule has 9 heteroatoms. The summed E-state index contributed by atoms with van der Waals surface area (Å²) in [6.45, 7) is 6.43. The van der Waals surface area contributed by atoms with E-state index in [2.05, 4.69) is 5.32 Å². The van der Waals surface area contributed by atoms with Crippen LogP contribution in [0.3, 0.4) is 0 Å². The lowest BCUT2D eigenvalue weighted by Crippen LogP contribution is -2.41. The molecule has 1 fully saturated rings. The molecule has 0 spiro atoms. The predicted octanol–water partition coefficient (Wildman–Crippen LogP) is 2.48. The van der Waals surface area contributed by atoms with Crippen LogP contribution in [0, 0.1) is 5.92 Å². The van der Waals surface area contributed by atoms with E-state index in [0.717, 1.165) is 4.90 Å². The van der Waals surface area contributed by atoms with Gasteiger partial charge in [-0.25, -0.2) is 9.59 Å². The van der Waals surface area contributed by atoms with E-state index in [1.54, 1.807) is 0 Å². The number of carbonyl (C=O) groups excluding carboxylic acids is 3. The van der Waals surface area contributed by atoms with Crippen LogP contribution in [0.1, 0.15) is 31.1 Å². The quantitative estimate of drug-likeness (QED) is 0.709. The molecule has 0 aliphatic carbocycles. The smallest absolute Gasteiger partial charge is 0.339 e. The minimum Gasteiger partial charge on any atom is -0.493 e. The number of methoxy groups -OCH3 is 1. The molecule has 1 aromatic rings. The van der Waals surface area contributed by atoms with Gasteiger partial charge in [0.05, 0.1) is 24.3 Å². The molecule has 0 aromatic heterocycles. The van der Waals surface area contributed by atoms with E-state index >= 15 is 0 Å². The van der Waals surface area contributed by atoms with Gasteiger partial charge < -0.3 is 19.5 Å². The number of amides is 3. The summed E-state index contributed by atoms with van der Waals surface area (Å²) in [4.78, 5) is 37.2. The van der Waals surface area contributed by atoms with Gasteiger partial charge in [-0.15, -0.1) is 0 Å². The molecule has 1 aliphatic rings. The summed E-state index contributed by atoms with van der Waals surface area (Å²) < 4.78 is 16.1. The van der Waals surface area contributed by atoms with Gasteiger partial charge in [0.2, 0.25) is 0 Å². The number of carbonyl (C=O) groups is 3. The third kappa shape index (κ3) is 5.03. The van der Waals surface area contributed by atoms with Crippen molar-refractivity contribution in [2.75, 3.05) is 26.8 Å². The Hall–Kier alpha value is -2.48.